The average molecular weight is 425 g/mol. The number of hydrogen-bond donors (Lipinski definition) is 2. The van der Waals surface area contributed by atoms with Crippen molar-refractivity contribution >= 4 is 23.3 Å². The summed E-state index contributed by atoms with van der Waals surface area (Å²) in [7, 11) is 0. The smallest absolute Gasteiger partial charge is 0.261 e. The first-order valence-electron chi connectivity index (χ1n) is 10.3. The van der Waals surface area contributed by atoms with E-state index in [0.717, 1.165) is 22.4 Å². The van der Waals surface area contributed by atoms with Crippen LogP contribution in [0.5, 0.6) is 0 Å². The van der Waals surface area contributed by atoms with Gasteiger partial charge in [0.15, 0.2) is 0 Å². The van der Waals surface area contributed by atoms with Gasteiger partial charge in [0.2, 0.25) is 0 Å². The van der Waals surface area contributed by atoms with Gasteiger partial charge in [-0.15, -0.1) is 0 Å². The monoisotopic (exact) mass is 424 g/mol. The van der Waals surface area contributed by atoms with E-state index in [2.05, 4.69) is 15.7 Å². The molecule has 4 rings (SSSR count). The van der Waals surface area contributed by atoms with Crippen molar-refractivity contribution < 1.29 is 9.59 Å². The number of carbonyl (C=O) groups is 2. The minimum Gasteiger partial charge on any atom is -0.322 e. The quantitative estimate of drug-likeness (QED) is 0.456. The Labute approximate surface area is 186 Å². The second-order valence-corrected chi connectivity index (χ2v) is 7.73. The highest BCUT2D eigenvalue weighted by molar-refractivity contribution is 6.12. The van der Waals surface area contributed by atoms with Crippen LogP contribution in [0.25, 0.3) is 5.69 Å². The Morgan fingerprint density at radius 1 is 0.781 bits per heavy atom. The molecule has 0 radical (unpaired) electrons. The van der Waals surface area contributed by atoms with E-state index < -0.39 is 0 Å². The predicted molar refractivity (Wildman–Crippen MR) is 127 cm³/mol. The molecule has 0 aliphatic rings. The van der Waals surface area contributed by atoms with Gasteiger partial charge in [0.05, 0.1) is 11.9 Å². The summed E-state index contributed by atoms with van der Waals surface area (Å²) in [4.78, 5) is 26.1. The van der Waals surface area contributed by atoms with Gasteiger partial charge in [-0.3, -0.25) is 9.59 Å². The lowest BCUT2D eigenvalue weighted by Gasteiger charge is -2.12. The number of benzene rings is 3. The molecule has 2 N–H and O–H groups in total. The zero-order valence-electron chi connectivity index (χ0n) is 18.2. The largest absolute Gasteiger partial charge is 0.322 e. The Balaban J connectivity index is 1.69. The highest BCUT2D eigenvalue weighted by atomic mass is 16.2. The highest BCUT2D eigenvalue weighted by Gasteiger charge is 2.21. The minimum atomic E-state index is -0.352. The molecule has 2 amide bonds. The molecular weight excluding hydrogens is 400 g/mol. The van der Waals surface area contributed by atoms with Crippen LogP contribution >= 0.6 is 0 Å². The van der Waals surface area contributed by atoms with Crippen molar-refractivity contribution in [3.63, 3.8) is 0 Å². The number of nitrogens with zero attached hydrogens (tertiary/aromatic N) is 2. The summed E-state index contributed by atoms with van der Waals surface area (Å²) in [5.74, 6) is -0.360. The second kappa shape index (κ2) is 8.89. The van der Waals surface area contributed by atoms with Gasteiger partial charge < -0.3 is 10.6 Å². The van der Waals surface area contributed by atoms with Gasteiger partial charge in [-0.2, -0.15) is 5.10 Å². The number of anilines is 2. The summed E-state index contributed by atoms with van der Waals surface area (Å²) in [5.41, 5.74) is 5.47. The van der Waals surface area contributed by atoms with Crippen LogP contribution in [0.4, 0.5) is 11.5 Å². The maximum atomic E-state index is 13.1. The molecule has 1 heterocycles. The van der Waals surface area contributed by atoms with Crippen LogP contribution in [0.2, 0.25) is 0 Å². The van der Waals surface area contributed by atoms with Gasteiger partial charge in [0.1, 0.15) is 11.4 Å². The summed E-state index contributed by atoms with van der Waals surface area (Å²) in [6.45, 7) is 5.97. The number of nitrogens with one attached hydrogen (secondary N) is 2. The Morgan fingerprint density at radius 3 is 2.19 bits per heavy atom. The van der Waals surface area contributed by atoms with Crippen molar-refractivity contribution in [3.05, 3.63) is 107 Å². The molecule has 0 fully saturated rings. The molecular formula is C26H24N4O2. The molecule has 0 aliphatic heterocycles. The molecule has 0 aliphatic carbocycles. The lowest BCUT2D eigenvalue weighted by atomic mass is 10.1. The van der Waals surface area contributed by atoms with Crippen molar-refractivity contribution in [3.8, 4) is 5.69 Å². The molecule has 0 saturated heterocycles. The van der Waals surface area contributed by atoms with E-state index in [0.29, 0.717) is 17.1 Å². The predicted octanol–water partition coefficient (Wildman–Crippen LogP) is 5.30. The number of hydrogen-bond acceptors (Lipinski definition) is 3. The fourth-order valence-corrected chi connectivity index (χ4v) is 3.30. The third-order valence-electron chi connectivity index (χ3n) is 5.33. The van der Waals surface area contributed by atoms with Gasteiger partial charge >= 0.3 is 0 Å². The third-order valence-corrected chi connectivity index (χ3v) is 5.33. The van der Waals surface area contributed by atoms with Gasteiger partial charge in [-0.25, -0.2) is 4.68 Å². The molecule has 1 aromatic heterocycles. The van der Waals surface area contributed by atoms with Crippen LogP contribution in [-0.2, 0) is 0 Å². The first-order chi connectivity index (χ1) is 15.4. The fourth-order valence-electron chi connectivity index (χ4n) is 3.30. The molecule has 0 spiro atoms. The lowest BCUT2D eigenvalue weighted by molar-refractivity contribution is 0.102. The molecule has 0 unspecified atom stereocenters. The van der Waals surface area contributed by atoms with Gasteiger partial charge in [0.25, 0.3) is 11.8 Å². The summed E-state index contributed by atoms with van der Waals surface area (Å²) in [5, 5.41) is 10.2. The first-order valence-corrected chi connectivity index (χ1v) is 10.3. The summed E-state index contributed by atoms with van der Waals surface area (Å²) >= 11 is 0. The van der Waals surface area contributed by atoms with Gasteiger partial charge in [0, 0.05) is 11.3 Å². The Morgan fingerprint density at radius 2 is 1.50 bits per heavy atom. The normalized spacial score (nSPS) is 10.6. The van der Waals surface area contributed by atoms with E-state index in [1.165, 1.54) is 6.20 Å². The zero-order chi connectivity index (χ0) is 22.7. The number of amides is 2. The minimum absolute atomic E-state index is 0.271. The number of para-hydroxylation sites is 1. The van der Waals surface area contributed by atoms with Crippen molar-refractivity contribution in [2.45, 2.75) is 20.8 Å². The van der Waals surface area contributed by atoms with E-state index in [1.54, 1.807) is 16.8 Å². The van der Waals surface area contributed by atoms with Gasteiger partial charge in [-0.1, -0.05) is 42.0 Å². The summed E-state index contributed by atoms with van der Waals surface area (Å²) in [6, 6.07) is 22.3. The lowest BCUT2D eigenvalue weighted by Crippen LogP contribution is -2.19. The van der Waals surface area contributed by atoms with Gasteiger partial charge in [-0.05, 0) is 68.3 Å². The zero-order valence-corrected chi connectivity index (χ0v) is 18.2. The van der Waals surface area contributed by atoms with Crippen molar-refractivity contribution in [2.24, 2.45) is 0 Å². The maximum absolute atomic E-state index is 13.1. The highest BCUT2D eigenvalue weighted by Crippen LogP contribution is 2.23. The van der Waals surface area contributed by atoms with Crippen LogP contribution in [0, 0.1) is 20.8 Å². The first kappa shape index (κ1) is 21.1. The molecule has 4 aromatic rings. The number of aromatic nitrogens is 2. The number of aryl methyl sites for hydroxylation is 3. The van der Waals surface area contributed by atoms with Crippen LogP contribution in [0.3, 0.4) is 0 Å². The number of rotatable bonds is 5. The molecule has 6 heteroatoms. The van der Waals surface area contributed by atoms with Crippen molar-refractivity contribution in [1.82, 2.24) is 9.78 Å². The number of carbonyl (C=O) groups excluding carboxylic acids is 2. The molecule has 0 atom stereocenters. The van der Waals surface area contributed by atoms with E-state index in [4.69, 9.17) is 0 Å². The standard InChI is InChI=1S/C26H24N4O2/c1-17-9-12-20(13-10-17)25(31)29-24-23(16-27-30(24)22-7-5-4-6-8-22)26(32)28-21-14-11-18(2)19(3)15-21/h4-16H,1-3H3,(H,28,32)(H,29,31). The van der Waals surface area contributed by atoms with E-state index in [-0.39, 0.29) is 17.4 Å². The van der Waals surface area contributed by atoms with Crippen LogP contribution in [-0.4, -0.2) is 21.6 Å². The van der Waals surface area contributed by atoms with Crippen LogP contribution in [0.1, 0.15) is 37.4 Å². The molecule has 0 bridgehead atoms. The van der Waals surface area contributed by atoms with Crippen molar-refractivity contribution in [1.29, 1.82) is 0 Å². The Bertz CT molecular complexity index is 1280. The average Bonchev–Trinajstić information content (AvgIpc) is 3.21. The molecule has 32 heavy (non-hydrogen) atoms. The van der Waals surface area contributed by atoms with E-state index >= 15 is 0 Å². The molecule has 3 aromatic carbocycles. The topological polar surface area (TPSA) is 76.0 Å². The maximum Gasteiger partial charge on any atom is 0.261 e. The summed E-state index contributed by atoms with van der Waals surface area (Å²) < 4.78 is 1.56. The van der Waals surface area contributed by atoms with E-state index in [9.17, 15) is 9.59 Å². The van der Waals surface area contributed by atoms with Crippen LogP contribution in [0.15, 0.2) is 79.0 Å². The fraction of sp³-hybridized carbons (Fsp3) is 0.115. The second-order valence-electron chi connectivity index (χ2n) is 7.73. The summed E-state index contributed by atoms with van der Waals surface area (Å²) in [6.07, 6.45) is 1.47. The van der Waals surface area contributed by atoms with E-state index in [1.807, 2.05) is 81.4 Å². The Hall–Kier alpha value is -4.19. The molecule has 0 saturated carbocycles. The molecule has 160 valence electrons. The Kier molecular flexibility index (Phi) is 5.85. The van der Waals surface area contributed by atoms with Crippen LogP contribution < -0.4 is 10.6 Å². The SMILES string of the molecule is Cc1ccc(C(=O)Nc2c(C(=O)Nc3ccc(C)c(C)c3)cnn2-c2ccccc2)cc1. The van der Waals surface area contributed by atoms with Crippen molar-refractivity contribution in [2.75, 3.05) is 10.6 Å². The third kappa shape index (κ3) is 4.44. The molecule has 6 nitrogen and oxygen atoms in total.